The monoisotopic (exact) mass is 208 g/mol. The lowest BCUT2D eigenvalue weighted by molar-refractivity contribution is 0.0219. The number of nitrogens with one attached hydrogen (secondary N) is 1. The molecule has 1 atom stereocenters. The molecule has 0 spiro atoms. The largest absolute Gasteiger partial charge is 0.390 e. The van der Waals surface area contributed by atoms with Crippen LogP contribution in [0.3, 0.4) is 0 Å². The topological polar surface area (TPSA) is 88.6 Å². The third-order valence-corrected chi connectivity index (χ3v) is 2.04. The smallest absolute Gasteiger partial charge is 0.151 e. The molecule has 78 valence electrons. The summed E-state index contributed by atoms with van der Waals surface area (Å²) in [5.41, 5.74) is 5.09. The molecule has 0 amide bonds. The molecule has 0 aromatic carbocycles. The van der Waals surface area contributed by atoms with Crippen molar-refractivity contribution >= 4 is 16.9 Å². The van der Waals surface area contributed by atoms with Gasteiger partial charge in [-0.1, -0.05) is 11.8 Å². The molecule has 0 fully saturated rings. The molecule has 4 N–H and O–H groups in total. The average molecular weight is 208 g/mol. The van der Waals surface area contributed by atoms with Crippen molar-refractivity contribution in [2.75, 3.05) is 32.7 Å². The van der Waals surface area contributed by atoms with Gasteiger partial charge in [0.05, 0.1) is 25.9 Å². The van der Waals surface area contributed by atoms with Crippen LogP contribution in [0.4, 0.5) is 0 Å². The van der Waals surface area contributed by atoms with Gasteiger partial charge in [0.1, 0.15) is 0 Å². The number of thioether (sulfide) groups is 1. The number of amidine groups is 1. The fourth-order valence-electron chi connectivity index (χ4n) is 0.596. The highest BCUT2D eigenvalue weighted by atomic mass is 32.2. The highest BCUT2D eigenvalue weighted by molar-refractivity contribution is 8.13. The minimum Gasteiger partial charge on any atom is -0.390 e. The quantitative estimate of drug-likeness (QED) is 0.302. The molecule has 0 saturated carbocycles. The number of hydrogen-bond donors (Lipinski definition) is 3. The van der Waals surface area contributed by atoms with Gasteiger partial charge in [0.25, 0.3) is 0 Å². The first kappa shape index (κ1) is 12.7. The lowest BCUT2D eigenvalue weighted by Gasteiger charge is -2.09. The minimum atomic E-state index is -0.578. The van der Waals surface area contributed by atoms with Gasteiger partial charge >= 0.3 is 0 Å². The maximum atomic E-state index is 9.26. The Bertz CT molecular complexity index is 146. The number of ether oxygens (including phenoxy) is 2. The van der Waals surface area contributed by atoms with Gasteiger partial charge in [-0.25, -0.2) is 0 Å². The summed E-state index contributed by atoms with van der Waals surface area (Å²) in [4.78, 5) is 0. The van der Waals surface area contributed by atoms with Gasteiger partial charge in [-0.3, -0.25) is 5.41 Å². The van der Waals surface area contributed by atoms with Crippen LogP contribution in [0.15, 0.2) is 0 Å². The van der Waals surface area contributed by atoms with E-state index in [9.17, 15) is 5.11 Å². The SMILES string of the molecule is COCCOCC(O)CSC(=N)N. The van der Waals surface area contributed by atoms with Crippen LogP contribution in [0, 0.1) is 5.41 Å². The van der Waals surface area contributed by atoms with E-state index in [-0.39, 0.29) is 11.8 Å². The van der Waals surface area contributed by atoms with E-state index in [2.05, 4.69) is 0 Å². The highest BCUT2D eigenvalue weighted by Crippen LogP contribution is 2.01. The first-order valence-corrected chi connectivity index (χ1v) is 4.87. The molecule has 6 heteroatoms. The summed E-state index contributed by atoms with van der Waals surface area (Å²) in [5.74, 6) is 0.391. The Morgan fingerprint density at radius 3 is 2.85 bits per heavy atom. The van der Waals surface area contributed by atoms with Gasteiger partial charge in [-0.15, -0.1) is 0 Å². The lowest BCUT2D eigenvalue weighted by Crippen LogP contribution is -2.21. The zero-order valence-corrected chi connectivity index (χ0v) is 8.47. The number of nitrogens with two attached hydrogens (primary N) is 1. The lowest BCUT2D eigenvalue weighted by atomic mass is 10.4. The number of rotatable bonds is 7. The molecule has 1 unspecified atom stereocenters. The maximum Gasteiger partial charge on any atom is 0.151 e. The van der Waals surface area contributed by atoms with E-state index in [1.165, 1.54) is 0 Å². The van der Waals surface area contributed by atoms with E-state index in [1.807, 2.05) is 0 Å². The molecule has 0 heterocycles. The number of aliphatic hydroxyl groups excluding tert-OH is 1. The molecule has 0 rings (SSSR count). The second-order valence-corrected chi connectivity index (χ2v) is 3.46. The van der Waals surface area contributed by atoms with E-state index in [4.69, 9.17) is 20.6 Å². The summed E-state index contributed by atoms with van der Waals surface area (Å²) in [5, 5.41) is 16.2. The van der Waals surface area contributed by atoms with E-state index in [1.54, 1.807) is 7.11 Å². The van der Waals surface area contributed by atoms with Crippen molar-refractivity contribution in [3.05, 3.63) is 0 Å². The second kappa shape index (κ2) is 8.31. The van der Waals surface area contributed by atoms with Crippen LogP contribution in [-0.4, -0.2) is 49.1 Å². The Morgan fingerprint density at radius 1 is 1.62 bits per heavy atom. The van der Waals surface area contributed by atoms with Crippen LogP contribution in [0.2, 0.25) is 0 Å². The van der Waals surface area contributed by atoms with Crippen molar-refractivity contribution in [2.45, 2.75) is 6.10 Å². The van der Waals surface area contributed by atoms with Gasteiger partial charge in [-0.2, -0.15) is 0 Å². The summed E-state index contributed by atoms with van der Waals surface area (Å²) in [6, 6.07) is 0. The molecule has 0 aliphatic carbocycles. The Balaban J connectivity index is 3.19. The normalized spacial score (nSPS) is 12.8. The first-order valence-electron chi connectivity index (χ1n) is 3.88. The Labute approximate surface area is 82.1 Å². The molecule has 0 saturated heterocycles. The molecule has 0 aromatic rings. The van der Waals surface area contributed by atoms with Gasteiger partial charge in [0.2, 0.25) is 0 Å². The number of methoxy groups -OCH3 is 1. The first-order chi connectivity index (χ1) is 6.16. The summed E-state index contributed by atoms with van der Waals surface area (Å²) in [7, 11) is 1.59. The zero-order valence-electron chi connectivity index (χ0n) is 7.66. The Kier molecular flexibility index (Phi) is 8.11. The molecule has 0 bridgehead atoms. The van der Waals surface area contributed by atoms with Gasteiger partial charge < -0.3 is 20.3 Å². The summed E-state index contributed by atoms with van der Waals surface area (Å²) < 4.78 is 9.82. The summed E-state index contributed by atoms with van der Waals surface area (Å²) in [6.45, 7) is 1.24. The Hall–Kier alpha value is -0.300. The maximum absolute atomic E-state index is 9.26. The van der Waals surface area contributed by atoms with Crippen molar-refractivity contribution in [3.63, 3.8) is 0 Å². The van der Waals surface area contributed by atoms with Crippen LogP contribution in [-0.2, 0) is 9.47 Å². The van der Waals surface area contributed by atoms with Crippen molar-refractivity contribution in [1.29, 1.82) is 5.41 Å². The molecule has 0 aliphatic heterocycles. The number of aliphatic hydroxyl groups is 1. The third kappa shape index (κ3) is 9.62. The van der Waals surface area contributed by atoms with Crippen LogP contribution < -0.4 is 5.73 Å². The molecule has 13 heavy (non-hydrogen) atoms. The second-order valence-electron chi connectivity index (χ2n) is 2.40. The van der Waals surface area contributed by atoms with Crippen molar-refractivity contribution in [1.82, 2.24) is 0 Å². The molecule has 5 nitrogen and oxygen atoms in total. The summed E-state index contributed by atoms with van der Waals surface area (Å²) in [6.07, 6.45) is -0.578. The molecule has 0 aliphatic rings. The fourth-order valence-corrected chi connectivity index (χ4v) is 1.06. The van der Waals surface area contributed by atoms with E-state index in [0.29, 0.717) is 19.0 Å². The Morgan fingerprint density at radius 2 is 2.31 bits per heavy atom. The molecule has 0 aromatic heterocycles. The van der Waals surface area contributed by atoms with E-state index >= 15 is 0 Å². The fraction of sp³-hybridized carbons (Fsp3) is 0.857. The zero-order chi connectivity index (χ0) is 10.1. The standard InChI is InChI=1S/C7H16N2O3S/c1-11-2-3-12-4-6(10)5-13-7(8)9/h6,10H,2-5H2,1H3,(H3,8,9). The number of hydrogen-bond acceptors (Lipinski definition) is 5. The van der Waals surface area contributed by atoms with E-state index in [0.717, 1.165) is 11.8 Å². The molecule has 0 radical (unpaired) electrons. The minimum absolute atomic E-state index is 0.0101. The molecular formula is C7H16N2O3S. The van der Waals surface area contributed by atoms with Crippen LogP contribution in [0.5, 0.6) is 0 Å². The average Bonchev–Trinajstić information content (AvgIpc) is 2.09. The van der Waals surface area contributed by atoms with E-state index < -0.39 is 6.10 Å². The highest BCUT2D eigenvalue weighted by Gasteiger charge is 2.04. The van der Waals surface area contributed by atoms with Crippen LogP contribution >= 0.6 is 11.8 Å². The summed E-state index contributed by atoms with van der Waals surface area (Å²) >= 11 is 1.10. The van der Waals surface area contributed by atoms with Crippen LogP contribution in [0.1, 0.15) is 0 Å². The third-order valence-electron chi connectivity index (χ3n) is 1.17. The van der Waals surface area contributed by atoms with Crippen LogP contribution in [0.25, 0.3) is 0 Å². The molecular weight excluding hydrogens is 192 g/mol. The van der Waals surface area contributed by atoms with Crippen molar-refractivity contribution in [3.8, 4) is 0 Å². The predicted molar refractivity (Wildman–Crippen MR) is 53.1 cm³/mol. The van der Waals surface area contributed by atoms with Crippen molar-refractivity contribution in [2.24, 2.45) is 5.73 Å². The van der Waals surface area contributed by atoms with Crippen molar-refractivity contribution < 1.29 is 14.6 Å². The van der Waals surface area contributed by atoms with Gasteiger partial charge in [0, 0.05) is 12.9 Å². The van der Waals surface area contributed by atoms with Gasteiger partial charge in [0.15, 0.2) is 5.17 Å². The van der Waals surface area contributed by atoms with Gasteiger partial charge in [-0.05, 0) is 0 Å². The predicted octanol–water partition coefficient (Wildman–Crippen LogP) is -0.363.